The van der Waals surface area contributed by atoms with Gasteiger partial charge in [0.1, 0.15) is 5.75 Å². The van der Waals surface area contributed by atoms with E-state index < -0.39 is 0 Å². The van der Waals surface area contributed by atoms with E-state index in [4.69, 9.17) is 9.47 Å². The first-order chi connectivity index (χ1) is 12.1. The SMILES string of the molecule is CCOc1ccc(Br)cc1C(=O)/N=c1\sc(C)cn1C[C@H]1CCCO1. The molecule has 1 amide bonds. The number of hydrogen-bond donors (Lipinski definition) is 0. The second-order valence-electron chi connectivity index (χ2n) is 5.90. The minimum Gasteiger partial charge on any atom is -0.493 e. The van der Waals surface area contributed by atoms with E-state index >= 15 is 0 Å². The van der Waals surface area contributed by atoms with Crippen LogP contribution in [-0.2, 0) is 11.3 Å². The molecule has 25 heavy (non-hydrogen) atoms. The zero-order valence-electron chi connectivity index (χ0n) is 14.3. The van der Waals surface area contributed by atoms with E-state index in [0.717, 1.165) is 35.3 Å². The van der Waals surface area contributed by atoms with Gasteiger partial charge < -0.3 is 14.0 Å². The summed E-state index contributed by atoms with van der Waals surface area (Å²) in [4.78, 5) is 18.9. The van der Waals surface area contributed by atoms with Crippen LogP contribution in [0.3, 0.4) is 0 Å². The molecule has 0 saturated carbocycles. The van der Waals surface area contributed by atoms with Gasteiger partial charge in [0.2, 0.25) is 0 Å². The van der Waals surface area contributed by atoms with Crippen LogP contribution in [0.2, 0.25) is 0 Å². The van der Waals surface area contributed by atoms with Crippen LogP contribution in [0.15, 0.2) is 33.9 Å². The van der Waals surface area contributed by atoms with Gasteiger partial charge in [-0.3, -0.25) is 4.79 Å². The largest absolute Gasteiger partial charge is 0.493 e. The predicted octanol–water partition coefficient (Wildman–Crippen LogP) is 3.94. The Hall–Kier alpha value is -1.44. The van der Waals surface area contributed by atoms with Crippen molar-refractivity contribution < 1.29 is 14.3 Å². The fourth-order valence-corrected chi connectivity index (χ4v) is 4.03. The lowest BCUT2D eigenvalue weighted by Crippen LogP contribution is -2.23. The van der Waals surface area contributed by atoms with E-state index in [9.17, 15) is 4.79 Å². The monoisotopic (exact) mass is 424 g/mol. The zero-order chi connectivity index (χ0) is 17.8. The lowest BCUT2D eigenvalue weighted by Gasteiger charge is -2.10. The number of carbonyl (C=O) groups is 1. The van der Waals surface area contributed by atoms with E-state index in [1.54, 1.807) is 12.1 Å². The highest BCUT2D eigenvalue weighted by Gasteiger charge is 2.18. The molecule has 0 radical (unpaired) electrons. The van der Waals surface area contributed by atoms with Crippen molar-refractivity contribution in [3.8, 4) is 5.75 Å². The molecule has 0 N–H and O–H groups in total. The molecule has 2 aromatic rings. The minimum absolute atomic E-state index is 0.202. The van der Waals surface area contributed by atoms with Crippen molar-refractivity contribution >= 4 is 33.2 Å². The van der Waals surface area contributed by atoms with Crippen LogP contribution >= 0.6 is 27.3 Å². The zero-order valence-corrected chi connectivity index (χ0v) is 16.7. The molecule has 0 aliphatic carbocycles. The molecule has 134 valence electrons. The molecule has 2 heterocycles. The van der Waals surface area contributed by atoms with Gasteiger partial charge in [-0.25, -0.2) is 0 Å². The summed E-state index contributed by atoms with van der Waals surface area (Å²) >= 11 is 4.92. The van der Waals surface area contributed by atoms with Crippen LogP contribution in [0, 0.1) is 6.92 Å². The number of aromatic nitrogens is 1. The lowest BCUT2D eigenvalue weighted by molar-refractivity contribution is 0.0948. The first-order valence-corrected chi connectivity index (χ1v) is 9.97. The summed E-state index contributed by atoms with van der Waals surface area (Å²) in [6.45, 7) is 5.96. The number of ether oxygens (including phenoxy) is 2. The third-order valence-electron chi connectivity index (χ3n) is 3.93. The maximum atomic E-state index is 12.8. The normalized spacial score (nSPS) is 17.9. The van der Waals surface area contributed by atoms with Crippen molar-refractivity contribution in [1.29, 1.82) is 0 Å². The highest BCUT2D eigenvalue weighted by molar-refractivity contribution is 9.10. The Kier molecular flexibility index (Phi) is 6.09. The Labute approximate surface area is 159 Å². The summed E-state index contributed by atoms with van der Waals surface area (Å²) in [5, 5.41) is 0. The molecule has 1 aliphatic heterocycles. The fourth-order valence-electron chi connectivity index (χ4n) is 2.83. The Morgan fingerprint density at radius 3 is 3.08 bits per heavy atom. The number of halogens is 1. The van der Waals surface area contributed by atoms with Gasteiger partial charge in [-0.05, 0) is 44.9 Å². The highest BCUT2D eigenvalue weighted by atomic mass is 79.9. The Morgan fingerprint density at radius 1 is 1.52 bits per heavy atom. The van der Waals surface area contributed by atoms with E-state index in [0.29, 0.717) is 22.7 Å². The topological polar surface area (TPSA) is 52.8 Å². The second-order valence-corrected chi connectivity index (χ2v) is 8.03. The van der Waals surface area contributed by atoms with E-state index in [2.05, 4.69) is 20.9 Å². The maximum absolute atomic E-state index is 12.8. The van der Waals surface area contributed by atoms with Crippen molar-refractivity contribution in [3.05, 3.63) is 44.1 Å². The van der Waals surface area contributed by atoms with Gasteiger partial charge in [0, 0.05) is 22.2 Å². The van der Waals surface area contributed by atoms with Crippen molar-refractivity contribution in [2.24, 2.45) is 4.99 Å². The molecule has 1 aromatic carbocycles. The summed E-state index contributed by atoms with van der Waals surface area (Å²) in [5.41, 5.74) is 0.464. The van der Waals surface area contributed by atoms with Gasteiger partial charge in [0.15, 0.2) is 4.80 Å². The minimum atomic E-state index is -0.298. The van der Waals surface area contributed by atoms with Crippen molar-refractivity contribution in [2.45, 2.75) is 39.3 Å². The quantitative estimate of drug-likeness (QED) is 0.729. The molecule has 1 aromatic heterocycles. The summed E-state index contributed by atoms with van der Waals surface area (Å²) in [5.74, 6) is 0.256. The highest BCUT2D eigenvalue weighted by Crippen LogP contribution is 2.24. The van der Waals surface area contributed by atoms with Gasteiger partial charge in [-0.2, -0.15) is 4.99 Å². The van der Waals surface area contributed by atoms with Crippen molar-refractivity contribution in [3.63, 3.8) is 0 Å². The number of amides is 1. The lowest BCUT2D eigenvalue weighted by atomic mass is 10.2. The molecule has 3 rings (SSSR count). The standard InChI is InChI=1S/C18H21BrN2O3S/c1-3-23-16-7-6-13(19)9-15(16)17(22)20-18-21(10-12(2)25-18)11-14-5-4-8-24-14/h6-7,9-10,14H,3-5,8,11H2,1-2H3/b20-18-/t14-/m1/s1. The fraction of sp³-hybridized carbons (Fsp3) is 0.444. The first kappa shape index (κ1) is 18.4. The van der Waals surface area contributed by atoms with Gasteiger partial charge in [0.25, 0.3) is 5.91 Å². The number of aryl methyl sites for hydroxylation is 1. The Bertz CT molecular complexity index is 822. The number of benzene rings is 1. The summed E-state index contributed by atoms with van der Waals surface area (Å²) in [6, 6.07) is 5.40. The summed E-state index contributed by atoms with van der Waals surface area (Å²) in [7, 11) is 0. The van der Waals surface area contributed by atoms with Crippen LogP contribution in [0.25, 0.3) is 0 Å². The third kappa shape index (κ3) is 4.59. The van der Waals surface area contributed by atoms with E-state index in [1.165, 1.54) is 11.3 Å². The number of rotatable bonds is 5. The number of nitrogens with zero attached hydrogens (tertiary/aromatic N) is 2. The molecular weight excluding hydrogens is 404 g/mol. The molecule has 1 saturated heterocycles. The second kappa shape index (κ2) is 8.29. The number of hydrogen-bond acceptors (Lipinski definition) is 4. The van der Waals surface area contributed by atoms with Crippen LogP contribution in [0.1, 0.15) is 35.0 Å². The van der Waals surface area contributed by atoms with Gasteiger partial charge in [0.05, 0.1) is 24.8 Å². The molecule has 0 spiro atoms. The van der Waals surface area contributed by atoms with Gasteiger partial charge >= 0.3 is 0 Å². The van der Waals surface area contributed by atoms with Crippen molar-refractivity contribution in [2.75, 3.05) is 13.2 Å². The summed E-state index contributed by atoms with van der Waals surface area (Å²) < 4.78 is 14.1. The number of thiazole rings is 1. The molecule has 7 heteroatoms. The smallest absolute Gasteiger partial charge is 0.283 e. The molecule has 1 aliphatic rings. The average Bonchev–Trinajstić information content (AvgIpc) is 3.20. The van der Waals surface area contributed by atoms with Crippen LogP contribution in [0.5, 0.6) is 5.75 Å². The maximum Gasteiger partial charge on any atom is 0.283 e. The molecule has 5 nitrogen and oxygen atoms in total. The first-order valence-electron chi connectivity index (χ1n) is 8.36. The predicted molar refractivity (Wildman–Crippen MR) is 101 cm³/mol. The van der Waals surface area contributed by atoms with Crippen LogP contribution in [-0.4, -0.2) is 29.8 Å². The number of carbonyl (C=O) groups excluding carboxylic acids is 1. The molecule has 1 fully saturated rings. The summed E-state index contributed by atoms with van der Waals surface area (Å²) in [6.07, 6.45) is 4.38. The van der Waals surface area contributed by atoms with Gasteiger partial charge in [-0.1, -0.05) is 15.9 Å². The van der Waals surface area contributed by atoms with E-state index in [1.807, 2.05) is 30.7 Å². The average molecular weight is 425 g/mol. The van der Waals surface area contributed by atoms with Crippen molar-refractivity contribution in [1.82, 2.24) is 4.57 Å². The van der Waals surface area contributed by atoms with E-state index in [-0.39, 0.29) is 12.0 Å². The van der Waals surface area contributed by atoms with Crippen LogP contribution < -0.4 is 9.54 Å². The molecular formula is C18H21BrN2O3S. The molecule has 0 unspecified atom stereocenters. The van der Waals surface area contributed by atoms with Gasteiger partial charge in [-0.15, -0.1) is 11.3 Å². The Morgan fingerprint density at radius 2 is 2.36 bits per heavy atom. The Balaban J connectivity index is 1.92. The van der Waals surface area contributed by atoms with Crippen LogP contribution in [0.4, 0.5) is 0 Å². The molecule has 1 atom stereocenters. The third-order valence-corrected chi connectivity index (χ3v) is 5.36. The molecule has 0 bridgehead atoms.